The molecule has 3 amide bonds. The second-order valence-corrected chi connectivity index (χ2v) is 8.98. The van der Waals surface area contributed by atoms with E-state index in [4.69, 9.17) is 4.74 Å². The average molecular weight is 469 g/mol. The van der Waals surface area contributed by atoms with Crippen molar-refractivity contribution in [3.63, 3.8) is 0 Å². The molecule has 1 aliphatic heterocycles. The first-order chi connectivity index (χ1) is 16.5. The van der Waals surface area contributed by atoms with E-state index in [0.717, 1.165) is 31.4 Å². The number of methoxy groups -OCH3 is 1. The van der Waals surface area contributed by atoms with Crippen molar-refractivity contribution < 1.29 is 18.7 Å². The quantitative estimate of drug-likeness (QED) is 0.647. The molecule has 182 valence electrons. The SMILES string of the molecule is COc1ccc(NC(=O)N2CCN(C(C(=O)NCc3ccccc3F)C3CCCC3)CC2)cc1. The van der Waals surface area contributed by atoms with Crippen molar-refractivity contribution in [2.75, 3.05) is 38.6 Å². The van der Waals surface area contributed by atoms with E-state index in [1.165, 1.54) is 6.07 Å². The number of hydrogen-bond acceptors (Lipinski definition) is 4. The Kier molecular flexibility index (Phi) is 8.00. The van der Waals surface area contributed by atoms with Crippen molar-refractivity contribution >= 4 is 17.6 Å². The maximum atomic E-state index is 14.0. The molecule has 2 fully saturated rings. The van der Waals surface area contributed by atoms with Crippen LogP contribution in [0.2, 0.25) is 0 Å². The fraction of sp³-hybridized carbons (Fsp3) is 0.462. The summed E-state index contributed by atoms with van der Waals surface area (Å²) >= 11 is 0. The minimum atomic E-state index is -0.309. The van der Waals surface area contributed by atoms with Crippen LogP contribution in [0.5, 0.6) is 5.75 Å². The molecule has 1 unspecified atom stereocenters. The van der Waals surface area contributed by atoms with E-state index in [1.807, 2.05) is 12.1 Å². The molecule has 1 saturated heterocycles. The number of hydrogen-bond donors (Lipinski definition) is 2. The molecule has 2 aromatic carbocycles. The summed E-state index contributed by atoms with van der Waals surface area (Å²) in [5.41, 5.74) is 1.20. The van der Waals surface area contributed by atoms with E-state index in [9.17, 15) is 14.0 Å². The summed E-state index contributed by atoms with van der Waals surface area (Å²) in [7, 11) is 1.60. The molecule has 1 heterocycles. The van der Waals surface area contributed by atoms with E-state index in [-0.39, 0.29) is 30.3 Å². The van der Waals surface area contributed by atoms with Gasteiger partial charge in [0.05, 0.1) is 13.2 Å². The first kappa shape index (κ1) is 24.0. The summed E-state index contributed by atoms with van der Waals surface area (Å²) in [6.07, 6.45) is 4.31. The number of rotatable bonds is 7. The summed E-state index contributed by atoms with van der Waals surface area (Å²) in [5.74, 6) is 0.668. The summed E-state index contributed by atoms with van der Waals surface area (Å²) < 4.78 is 19.2. The van der Waals surface area contributed by atoms with E-state index in [2.05, 4.69) is 15.5 Å². The lowest BCUT2D eigenvalue weighted by Crippen LogP contribution is -2.58. The molecule has 4 rings (SSSR count). The zero-order chi connectivity index (χ0) is 23.9. The zero-order valence-electron chi connectivity index (χ0n) is 19.6. The smallest absolute Gasteiger partial charge is 0.321 e. The van der Waals surface area contributed by atoms with Gasteiger partial charge < -0.3 is 20.3 Å². The van der Waals surface area contributed by atoms with Crippen molar-refractivity contribution in [2.45, 2.75) is 38.3 Å². The second-order valence-electron chi connectivity index (χ2n) is 8.98. The lowest BCUT2D eigenvalue weighted by molar-refractivity contribution is -0.129. The Hall–Kier alpha value is -3.13. The highest BCUT2D eigenvalue weighted by molar-refractivity contribution is 5.89. The summed E-state index contributed by atoms with van der Waals surface area (Å²) in [6, 6.07) is 13.4. The third-order valence-corrected chi connectivity index (χ3v) is 6.86. The minimum Gasteiger partial charge on any atom is -0.497 e. The lowest BCUT2D eigenvalue weighted by atomic mass is 9.95. The Morgan fingerprint density at radius 1 is 1.03 bits per heavy atom. The van der Waals surface area contributed by atoms with E-state index >= 15 is 0 Å². The molecule has 7 nitrogen and oxygen atoms in total. The third kappa shape index (κ3) is 5.86. The molecule has 1 aliphatic carbocycles. The molecule has 2 aliphatic rings. The van der Waals surface area contributed by atoms with E-state index < -0.39 is 0 Å². The van der Waals surface area contributed by atoms with Gasteiger partial charge in [-0.3, -0.25) is 9.69 Å². The number of amides is 3. The second kappa shape index (κ2) is 11.3. The zero-order valence-corrected chi connectivity index (χ0v) is 19.6. The Labute approximate surface area is 200 Å². The van der Waals surface area contributed by atoms with Gasteiger partial charge >= 0.3 is 6.03 Å². The third-order valence-electron chi connectivity index (χ3n) is 6.86. The number of carbonyl (C=O) groups is 2. The van der Waals surface area contributed by atoms with Crippen LogP contribution in [0.25, 0.3) is 0 Å². The number of halogens is 1. The summed E-state index contributed by atoms with van der Waals surface area (Å²) in [4.78, 5) is 30.0. The van der Waals surface area contributed by atoms with Gasteiger partial charge in [0.25, 0.3) is 0 Å². The van der Waals surface area contributed by atoms with Gasteiger partial charge in [0.1, 0.15) is 11.6 Å². The number of urea groups is 1. The normalized spacial score (nSPS) is 17.9. The van der Waals surface area contributed by atoms with Gasteiger partial charge in [-0.2, -0.15) is 0 Å². The van der Waals surface area contributed by atoms with Gasteiger partial charge in [0, 0.05) is 44.0 Å². The van der Waals surface area contributed by atoms with Gasteiger partial charge in [-0.15, -0.1) is 0 Å². The molecule has 0 spiro atoms. The van der Waals surface area contributed by atoms with Crippen LogP contribution in [0.3, 0.4) is 0 Å². The minimum absolute atomic E-state index is 0.0497. The maximum Gasteiger partial charge on any atom is 0.321 e. The predicted molar refractivity (Wildman–Crippen MR) is 129 cm³/mol. The monoisotopic (exact) mass is 468 g/mol. The summed E-state index contributed by atoms with van der Waals surface area (Å²) in [6.45, 7) is 2.53. The van der Waals surface area contributed by atoms with Gasteiger partial charge in [-0.25, -0.2) is 9.18 Å². The maximum absolute atomic E-state index is 14.0. The lowest BCUT2D eigenvalue weighted by Gasteiger charge is -2.40. The standard InChI is InChI=1S/C26H33FN4O3/c1-34-22-12-10-21(11-13-22)29-26(33)31-16-14-30(15-17-31)24(19-6-2-3-7-19)25(32)28-18-20-8-4-5-9-23(20)27/h4-5,8-13,19,24H,2-3,6-7,14-18H2,1H3,(H,28,32)(H,29,33). The first-order valence-electron chi connectivity index (χ1n) is 12.0. The topological polar surface area (TPSA) is 73.9 Å². The number of benzene rings is 2. The first-order valence-corrected chi connectivity index (χ1v) is 12.0. The summed E-state index contributed by atoms with van der Waals surface area (Å²) in [5, 5.41) is 5.89. The molecule has 8 heteroatoms. The fourth-order valence-electron chi connectivity index (χ4n) is 4.96. The Bertz CT molecular complexity index is 970. The van der Waals surface area contributed by atoms with Crippen LogP contribution >= 0.6 is 0 Å². The Balaban J connectivity index is 1.34. The molecular weight excluding hydrogens is 435 g/mol. The molecule has 0 aromatic heterocycles. The van der Waals surface area contributed by atoms with Crippen LogP contribution in [-0.4, -0.2) is 61.1 Å². The number of nitrogens with one attached hydrogen (secondary N) is 2. The molecular formula is C26H33FN4O3. The Morgan fingerprint density at radius 3 is 2.35 bits per heavy atom. The van der Waals surface area contributed by atoms with Crippen LogP contribution in [0.1, 0.15) is 31.2 Å². The van der Waals surface area contributed by atoms with Crippen molar-refractivity contribution in [1.29, 1.82) is 0 Å². The molecule has 1 atom stereocenters. The molecule has 0 radical (unpaired) electrons. The fourth-order valence-corrected chi connectivity index (χ4v) is 4.96. The van der Waals surface area contributed by atoms with Gasteiger partial charge in [0.15, 0.2) is 0 Å². The van der Waals surface area contributed by atoms with Crippen LogP contribution in [0.4, 0.5) is 14.9 Å². The van der Waals surface area contributed by atoms with Crippen molar-refractivity contribution in [3.05, 3.63) is 59.9 Å². The van der Waals surface area contributed by atoms with Crippen molar-refractivity contribution in [3.8, 4) is 5.75 Å². The Morgan fingerprint density at radius 2 is 1.71 bits per heavy atom. The molecule has 1 saturated carbocycles. The van der Waals surface area contributed by atoms with Crippen LogP contribution in [0, 0.1) is 11.7 Å². The predicted octanol–water partition coefficient (Wildman–Crippen LogP) is 3.86. The van der Waals surface area contributed by atoms with Crippen LogP contribution in [-0.2, 0) is 11.3 Å². The van der Waals surface area contributed by atoms with Crippen molar-refractivity contribution in [1.82, 2.24) is 15.1 Å². The molecule has 2 N–H and O–H groups in total. The van der Waals surface area contributed by atoms with Crippen LogP contribution in [0.15, 0.2) is 48.5 Å². The van der Waals surface area contributed by atoms with Gasteiger partial charge in [-0.1, -0.05) is 31.0 Å². The van der Waals surface area contributed by atoms with Gasteiger partial charge in [-0.05, 0) is 49.1 Å². The molecule has 0 bridgehead atoms. The number of ether oxygens (including phenoxy) is 1. The number of piperazine rings is 1. The molecule has 34 heavy (non-hydrogen) atoms. The highest BCUT2D eigenvalue weighted by Gasteiger charge is 2.37. The average Bonchev–Trinajstić information content (AvgIpc) is 3.39. The number of nitrogens with zero attached hydrogens (tertiary/aromatic N) is 2. The largest absolute Gasteiger partial charge is 0.497 e. The van der Waals surface area contributed by atoms with E-state index in [0.29, 0.717) is 43.3 Å². The van der Waals surface area contributed by atoms with Crippen molar-refractivity contribution in [2.24, 2.45) is 5.92 Å². The van der Waals surface area contributed by atoms with E-state index in [1.54, 1.807) is 42.3 Å². The number of anilines is 1. The highest BCUT2D eigenvalue weighted by atomic mass is 19.1. The van der Waals surface area contributed by atoms with Gasteiger partial charge in [0.2, 0.25) is 5.91 Å². The van der Waals surface area contributed by atoms with Crippen LogP contribution < -0.4 is 15.4 Å². The number of carbonyl (C=O) groups excluding carboxylic acids is 2. The molecule has 2 aromatic rings. The highest BCUT2D eigenvalue weighted by Crippen LogP contribution is 2.31.